The van der Waals surface area contributed by atoms with E-state index in [2.05, 4.69) is 33.0 Å². The molecule has 3 aliphatic rings. The fraction of sp³-hybridized carbons (Fsp3) is 0.553. The number of aromatic amines is 1. The predicted octanol–water partition coefficient (Wildman–Crippen LogP) is 4.92. The number of carbonyl (C=O) groups is 4. The minimum atomic E-state index is -0.514. The van der Waals surface area contributed by atoms with Crippen molar-refractivity contribution >= 4 is 53.3 Å². The Kier molecular flexibility index (Phi) is 18.6. The number of hydrogen-bond donors (Lipinski definition) is 4. The molecule has 2 heterocycles. The van der Waals surface area contributed by atoms with Crippen molar-refractivity contribution in [3.05, 3.63) is 65.1 Å². The molecule has 2 saturated carbocycles. The zero-order chi connectivity index (χ0) is 36.1. The minimum Gasteiger partial charge on any atom is -0.385 e. The van der Waals surface area contributed by atoms with E-state index in [0.717, 1.165) is 87.1 Å². The van der Waals surface area contributed by atoms with Crippen LogP contribution in [-0.4, -0.2) is 85.1 Å². The topological polar surface area (TPSA) is 150 Å². The summed E-state index contributed by atoms with van der Waals surface area (Å²) in [6.45, 7) is 5.38. The zero-order valence-electron chi connectivity index (χ0n) is 29.6. The maximum atomic E-state index is 12.2. The third-order valence-electron chi connectivity index (χ3n) is 9.10. The van der Waals surface area contributed by atoms with Crippen LogP contribution in [0.15, 0.2) is 54.0 Å². The molecule has 2 aliphatic carbocycles. The van der Waals surface area contributed by atoms with Gasteiger partial charge in [-0.05, 0) is 112 Å². The fourth-order valence-corrected chi connectivity index (χ4v) is 6.83. The first-order chi connectivity index (χ1) is 24.3. The lowest BCUT2D eigenvalue weighted by molar-refractivity contribution is -0.130. The van der Waals surface area contributed by atoms with Crippen molar-refractivity contribution < 1.29 is 23.9 Å². The van der Waals surface area contributed by atoms with Crippen molar-refractivity contribution in [1.29, 1.82) is 0 Å². The monoisotopic (exact) mass is 709 g/mol. The molecule has 1 aromatic heterocycles. The number of H-pyrrole nitrogens is 1. The molecule has 12 heteroatoms. The SMILES string of the molecule is C=CCC(NC(=O)C1CCCN1C)C(=O)NSC1CC1.COCCC/C=C/c1ccc2cc[nH]c(=O)c2c1.O=CNC(C=O)C1CCCCC1. The van der Waals surface area contributed by atoms with Crippen LogP contribution in [0.5, 0.6) is 0 Å². The van der Waals surface area contributed by atoms with Crippen molar-refractivity contribution in [2.24, 2.45) is 5.92 Å². The molecule has 0 bridgehead atoms. The van der Waals surface area contributed by atoms with Crippen molar-refractivity contribution in [2.75, 3.05) is 27.3 Å². The number of pyridine rings is 1. The quantitative estimate of drug-likeness (QED) is 0.0831. The summed E-state index contributed by atoms with van der Waals surface area (Å²) < 4.78 is 7.83. The highest BCUT2D eigenvalue weighted by molar-refractivity contribution is 7.98. The van der Waals surface area contributed by atoms with Gasteiger partial charge in [0.25, 0.3) is 11.5 Å². The maximum Gasteiger partial charge on any atom is 0.255 e. The summed E-state index contributed by atoms with van der Waals surface area (Å²) in [7, 11) is 3.65. The van der Waals surface area contributed by atoms with Crippen molar-refractivity contribution in [1.82, 2.24) is 25.2 Å². The first-order valence-electron chi connectivity index (χ1n) is 17.8. The maximum absolute atomic E-state index is 12.2. The zero-order valence-corrected chi connectivity index (χ0v) is 30.4. The number of rotatable bonds is 16. The van der Waals surface area contributed by atoms with Crippen LogP contribution in [0.25, 0.3) is 16.8 Å². The van der Waals surface area contributed by atoms with Gasteiger partial charge in [-0.1, -0.05) is 49.6 Å². The highest BCUT2D eigenvalue weighted by Gasteiger charge is 2.31. The fourth-order valence-electron chi connectivity index (χ4n) is 6.03. The van der Waals surface area contributed by atoms with Crippen molar-refractivity contribution in [3.63, 3.8) is 0 Å². The summed E-state index contributed by atoms with van der Waals surface area (Å²) in [6, 6.07) is 6.95. The number of benzene rings is 1. The summed E-state index contributed by atoms with van der Waals surface area (Å²) in [5, 5.41) is 7.67. The average molecular weight is 710 g/mol. The van der Waals surface area contributed by atoms with Gasteiger partial charge in [0, 0.05) is 30.5 Å². The molecule has 274 valence electrons. The number of amides is 3. The Labute approximate surface area is 300 Å². The van der Waals surface area contributed by atoms with Crippen LogP contribution < -0.4 is 20.9 Å². The molecule has 0 radical (unpaired) electrons. The highest BCUT2D eigenvalue weighted by Crippen LogP contribution is 2.32. The number of nitrogens with one attached hydrogen (secondary N) is 4. The predicted molar refractivity (Wildman–Crippen MR) is 201 cm³/mol. The van der Waals surface area contributed by atoms with E-state index in [1.165, 1.54) is 31.2 Å². The molecule has 4 N–H and O–H groups in total. The van der Waals surface area contributed by atoms with E-state index >= 15 is 0 Å². The standard InChI is InChI=1S/C15H17NO2.C14H23N3O2S.C9H15NO2/c1-18-10-4-2-3-5-12-6-7-13-8-9-16-15(17)14(13)11-12;1-3-5-11(13(18)16-20-10-7-8-10)15-14(19)12-6-4-9-17(12)2;11-6-9(10-7-12)8-4-2-1-3-5-8/h3,5-9,11H,2,4,10H2,1H3,(H,16,17);3,10-12H,1,4-9H2,2H3,(H,15,19)(H,16,18);6-9H,1-5H2,(H,10,12)/b5-3+;;. The van der Waals surface area contributed by atoms with Gasteiger partial charge in [-0.15, -0.1) is 6.58 Å². The van der Waals surface area contributed by atoms with E-state index in [-0.39, 0.29) is 29.5 Å². The highest BCUT2D eigenvalue weighted by atomic mass is 32.2. The van der Waals surface area contributed by atoms with E-state index in [0.29, 0.717) is 24.0 Å². The van der Waals surface area contributed by atoms with Crippen LogP contribution in [0.2, 0.25) is 0 Å². The molecule has 1 aliphatic heterocycles. The van der Waals surface area contributed by atoms with Gasteiger partial charge in [0.05, 0.1) is 12.1 Å². The summed E-state index contributed by atoms with van der Waals surface area (Å²) >= 11 is 1.47. The van der Waals surface area contributed by atoms with E-state index < -0.39 is 6.04 Å². The van der Waals surface area contributed by atoms with Gasteiger partial charge in [0.15, 0.2) is 0 Å². The summed E-state index contributed by atoms with van der Waals surface area (Å²) in [5.74, 6) is 0.195. The first-order valence-corrected chi connectivity index (χ1v) is 18.7. The Balaban J connectivity index is 0.000000209. The van der Waals surface area contributed by atoms with Crippen molar-refractivity contribution in [2.45, 2.75) is 100 Å². The Morgan fingerprint density at radius 3 is 2.52 bits per heavy atom. The number of likely N-dealkylation sites (N-methyl/N-ethyl adjacent to an activating group) is 1. The second-order valence-corrected chi connectivity index (χ2v) is 14.1. The third-order valence-corrected chi connectivity index (χ3v) is 10.2. The van der Waals surface area contributed by atoms with E-state index in [4.69, 9.17) is 4.74 Å². The first kappa shape index (κ1) is 40.7. The Morgan fingerprint density at radius 2 is 1.88 bits per heavy atom. The molecule has 3 amide bonds. The van der Waals surface area contributed by atoms with E-state index in [1.807, 2.05) is 42.3 Å². The third kappa shape index (κ3) is 14.2. The second kappa shape index (κ2) is 22.9. The van der Waals surface area contributed by atoms with Crippen LogP contribution in [0, 0.1) is 5.92 Å². The Hall–Kier alpha value is -3.74. The van der Waals surface area contributed by atoms with Crippen LogP contribution in [0.4, 0.5) is 0 Å². The Bertz CT molecular complexity index is 1450. The molecule has 3 unspecified atom stereocenters. The molecule has 11 nitrogen and oxygen atoms in total. The lowest BCUT2D eigenvalue weighted by Gasteiger charge is -2.25. The molecule has 3 fully saturated rings. The molecule has 50 heavy (non-hydrogen) atoms. The van der Waals surface area contributed by atoms with Gasteiger partial charge in [0.1, 0.15) is 12.3 Å². The van der Waals surface area contributed by atoms with Crippen LogP contribution in [0.3, 0.4) is 0 Å². The molecule has 1 aromatic carbocycles. The van der Waals surface area contributed by atoms with Crippen LogP contribution in [-0.2, 0) is 23.9 Å². The smallest absolute Gasteiger partial charge is 0.255 e. The van der Waals surface area contributed by atoms with Gasteiger partial charge in [-0.2, -0.15) is 0 Å². The van der Waals surface area contributed by atoms with Gasteiger partial charge in [-0.3, -0.25) is 28.8 Å². The second-order valence-electron chi connectivity index (χ2n) is 13.0. The normalized spacial score (nSPS) is 18.9. The number of ether oxygens (including phenoxy) is 1. The van der Waals surface area contributed by atoms with E-state index in [1.54, 1.807) is 19.4 Å². The number of carbonyl (C=O) groups excluding carboxylic acids is 4. The number of hydrogen-bond acceptors (Lipinski definition) is 8. The van der Waals surface area contributed by atoms with Gasteiger partial charge >= 0.3 is 0 Å². The molecular formula is C38H55N5O6S. The molecule has 2 aromatic rings. The van der Waals surface area contributed by atoms with Gasteiger partial charge in [-0.25, -0.2) is 0 Å². The number of allylic oxidation sites excluding steroid dienone is 1. The minimum absolute atomic E-state index is 0.0397. The summed E-state index contributed by atoms with van der Waals surface area (Å²) in [6.07, 6.45) is 21.4. The number of likely N-dealkylation sites (tertiary alicyclic amines) is 1. The number of nitrogens with zero attached hydrogens (tertiary/aromatic N) is 1. The van der Waals surface area contributed by atoms with Gasteiger partial charge < -0.3 is 25.1 Å². The summed E-state index contributed by atoms with van der Waals surface area (Å²) in [5.41, 5.74) is 1.01. The lowest BCUT2D eigenvalue weighted by Crippen LogP contribution is -2.50. The number of fused-ring (bicyclic) bond motifs is 1. The molecule has 1 saturated heterocycles. The van der Waals surface area contributed by atoms with Crippen molar-refractivity contribution in [3.8, 4) is 0 Å². The average Bonchev–Trinajstić information content (AvgIpc) is 3.87. The van der Waals surface area contributed by atoms with Crippen LogP contribution in [0.1, 0.15) is 82.6 Å². The number of methoxy groups -OCH3 is 1. The molecular weight excluding hydrogens is 655 g/mol. The van der Waals surface area contributed by atoms with Crippen LogP contribution >= 0.6 is 11.9 Å². The number of unbranched alkanes of at least 4 members (excludes halogenated alkanes) is 1. The molecule has 0 spiro atoms. The molecule has 3 atom stereocenters. The van der Waals surface area contributed by atoms with E-state index in [9.17, 15) is 24.0 Å². The molecule has 5 rings (SSSR count). The largest absolute Gasteiger partial charge is 0.385 e. The number of aldehydes is 1. The summed E-state index contributed by atoms with van der Waals surface area (Å²) in [4.78, 5) is 61.4. The van der Waals surface area contributed by atoms with Gasteiger partial charge in [0.2, 0.25) is 12.3 Å². The Morgan fingerprint density at radius 1 is 1.10 bits per heavy atom. The lowest BCUT2D eigenvalue weighted by atomic mass is 9.84. The number of aromatic nitrogens is 1.